The van der Waals surface area contributed by atoms with Gasteiger partial charge in [-0.2, -0.15) is 0 Å². The summed E-state index contributed by atoms with van der Waals surface area (Å²) in [5.74, 6) is 0.213. The van der Waals surface area contributed by atoms with Gasteiger partial charge in [0, 0.05) is 43.8 Å². The van der Waals surface area contributed by atoms with E-state index in [0.717, 1.165) is 23.8 Å². The summed E-state index contributed by atoms with van der Waals surface area (Å²) in [6.45, 7) is 4.39. The standard InChI is InChI=1S/C16H18ClN5O2S2/c1-11(23)18-15-19-20-16(26-15)25-10-14(24)22-8-6-21(7-9-22)13-4-2-12(17)3-5-13/h2-5H,6-10H2,1H3,(H,18,19,23). The number of carbonyl (C=O) groups excluding carboxylic acids is 2. The van der Waals surface area contributed by atoms with E-state index in [1.165, 1.54) is 30.0 Å². The predicted molar refractivity (Wildman–Crippen MR) is 105 cm³/mol. The van der Waals surface area contributed by atoms with E-state index in [9.17, 15) is 9.59 Å². The number of anilines is 2. The van der Waals surface area contributed by atoms with Crippen LogP contribution in [0.15, 0.2) is 28.6 Å². The maximum Gasteiger partial charge on any atom is 0.233 e. The van der Waals surface area contributed by atoms with Crippen molar-refractivity contribution in [2.24, 2.45) is 0 Å². The van der Waals surface area contributed by atoms with Crippen LogP contribution in [0.3, 0.4) is 0 Å². The van der Waals surface area contributed by atoms with Crippen LogP contribution in [0.1, 0.15) is 6.92 Å². The van der Waals surface area contributed by atoms with Crippen molar-refractivity contribution in [1.82, 2.24) is 15.1 Å². The van der Waals surface area contributed by atoms with Crippen molar-refractivity contribution < 1.29 is 9.59 Å². The number of piperazine rings is 1. The zero-order valence-corrected chi connectivity index (χ0v) is 16.5. The van der Waals surface area contributed by atoms with E-state index in [-0.39, 0.29) is 11.8 Å². The quantitative estimate of drug-likeness (QED) is 0.601. The Morgan fingerprint density at radius 2 is 1.88 bits per heavy atom. The molecule has 1 N–H and O–H groups in total. The van der Waals surface area contributed by atoms with E-state index in [2.05, 4.69) is 20.4 Å². The van der Waals surface area contributed by atoms with E-state index in [0.29, 0.717) is 28.3 Å². The Morgan fingerprint density at radius 1 is 1.19 bits per heavy atom. The third-order valence-electron chi connectivity index (χ3n) is 3.83. The molecule has 0 bridgehead atoms. The monoisotopic (exact) mass is 411 g/mol. The van der Waals surface area contributed by atoms with Gasteiger partial charge in [-0.3, -0.25) is 9.59 Å². The van der Waals surface area contributed by atoms with Gasteiger partial charge in [0.2, 0.25) is 16.9 Å². The van der Waals surface area contributed by atoms with Crippen LogP contribution < -0.4 is 10.2 Å². The van der Waals surface area contributed by atoms with Crippen LogP contribution in [-0.2, 0) is 9.59 Å². The summed E-state index contributed by atoms with van der Waals surface area (Å²) in [7, 11) is 0. The number of rotatable bonds is 5. The van der Waals surface area contributed by atoms with Crippen molar-refractivity contribution in [2.75, 3.05) is 42.1 Å². The number of benzene rings is 1. The van der Waals surface area contributed by atoms with Gasteiger partial charge in [-0.25, -0.2) is 0 Å². The van der Waals surface area contributed by atoms with Crippen molar-refractivity contribution >= 4 is 57.3 Å². The molecule has 26 heavy (non-hydrogen) atoms. The highest BCUT2D eigenvalue weighted by Crippen LogP contribution is 2.26. The minimum atomic E-state index is -0.188. The molecular formula is C16H18ClN5O2S2. The zero-order chi connectivity index (χ0) is 18.5. The van der Waals surface area contributed by atoms with Crippen molar-refractivity contribution in [3.63, 3.8) is 0 Å². The summed E-state index contributed by atoms with van der Waals surface area (Å²) < 4.78 is 0.668. The molecule has 0 atom stereocenters. The van der Waals surface area contributed by atoms with Crippen LogP contribution in [0.4, 0.5) is 10.8 Å². The highest BCUT2D eigenvalue weighted by atomic mass is 35.5. The minimum absolute atomic E-state index is 0.0852. The number of hydrogen-bond donors (Lipinski definition) is 1. The molecule has 0 unspecified atom stereocenters. The van der Waals surface area contributed by atoms with Crippen LogP contribution in [0.2, 0.25) is 5.02 Å². The fourth-order valence-electron chi connectivity index (χ4n) is 2.55. The molecular weight excluding hydrogens is 394 g/mol. The smallest absolute Gasteiger partial charge is 0.233 e. The molecule has 10 heteroatoms. The molecule has 1 aliphatic heterocycles. The normalized spacial score (nSPS) is 14.4. The van der Waals surface area contributed by atoms with Crippen molar-refractivity contribution in [3.05, 3.63) is 29.3 Å². The van der Waals surface area contributed by atoms with Crippen LogP contribution in [-0.4, -0.2) is 58.8 Å². The average molecular weight is 412 g/mol. The number of halogens is 1. The number of nitrogens with zero attached hydrogens (tertiary/aromatic N) is 4. The first-order chi connectivity index (χ1) is 12.5. The number of nitrogens with one attached hydrogen (secondary N) is 1. The van der Waals surface area contributed by atoms with Gasteiger partial charge in [0.1, 0.15) is 0 Å². The third-order valence-corrected chi connectivity index (χ3v) is 6.04. The lowest BCUT2D eigenvalue weighted by Gasteiger charge is -2.36. The van der Waals surface area contributed by atoms with Crippen molar-refractivity contribution in [3.8, 4) is 0 Å². The Morgan fingerprint density at radius 3 is 2.54 bits per heavy atom. The summed E-state index contributed by atoms with van der Waals surface area (Å²) in [5.41, 5.74) is 1.12. The molecule has 7 nitrogen and oxygen atoms in total. The molecule has 2 amide bonds. The summed E-state index contributed by atoms with van der Waals surface area (Å²) in [4.78, 5) is 27.5. The Balaban J connectivity index is 1.45. The van der Waals surface area contributed by atoms with Crippen molar-refractivity contribution in [2.45, 2.75) is 11.3 Å². The zero-order valence-electron chi connectivity index (χ0n) is 14.1. The van der Waals surface area contributed by atoms with Gasteiger partial charge in [-0.05, 0) is 24.3 Å². The maximum absolute atomic E-state index is 12.4. The van der Waals surface area contributed by atoms with E-state index in [1.807, 2.05) is 29.2 Å². The highest BCUT2D eigenvalue weighted by Gasteiger charge is 2.21. The SMILES string of the molecule is CC(=O)Nc1nnc(SCC(=O)N2CCN(c3ccc(Cl)cc3)CC2)s1. The first-order valence-corrected chi connectivity index (χ1v) is 10.2. The Hall–Kier alpha value is -1.84. The molecule has 3 rings (SSSR count). The molecule has 1 aromatic carbocycles. The molecule has 2 heterocycles. The van der Waals surface area contributed by atoms with E-state index in [1.54, 1.807) is 0 Å². The molecule has 138 valence electrons. The average Bonchev–Trinajstić information content (AvgIpc) is 3.07. The fourth-order valence-corrected chi connectivity index (χ4v) is 4.38. The Kier molecular flexibility index (Phi) is 6.33. The molecule has 2 aromatic rings. The molecule has 0 spiro atoms. The minimum Gasteiger partial charge on any atom is -0.368 e. The molecule has 1 aromatic heterocycles. The number of aromatic nitrogens is 2. The number of amides is 2. The summed E-state index contributed by atoms with van der Waals surface area (Å²) in [6, 6.07) is 7.75. The summed E-state index contributed by atoms with van der Waals surface area (Å²) in [6.07, 6.45) is 0. The molecule has 1 saturated heterocycles. The molecule has 0 saturated carbocycles. The largest absolute Gasteiger partial charge is 0.368 e. The van der Waals surface area contributed by atoms with Crippen LogP contribution in [0.25, 0.3) is 0 Å². The topological polar surface area (TPSA) is 78.4 Å². The van der Waals surface area contributed by atoms with Gasteiger partial charge in [-0.15, -0.1) is 10.2 Å². The molecule has 0 aliphatic carbocycles. The molecule has 1 fully saturated rings. The lowest BCUT2D eigenvalue weighted by Crippen LogP contribution is -2.49. The van der Waals surface area contributed by atoms with Gasteiger partial charge in [0.25, 0.3) is 0 Å². The van der Waals surface area contributed by atoms with E-state index in [4.69, 9.17) is 11.6 Å². The number of hydrogen-bond acceptors (Lipinski definition) is 7. The van der Waals surface area contributed by atoms with Crippen LogP contribution in [0, 0.1) is 0 Å². The fraction of sp³-hybridized carbons (Fsp3) is 0.375. The van der Waals surface area contributed by atoms with Crippen molar-refractivity contribution in [1.29, 1.82) is 0 Å². The van der Waals surface area contributed by atoms with Gasteiger partial charge in [0.05, 0.1) is 5.75 Å². The predicted octanol–water partition coefficient (Wildman–Crippen LogP) is 2.59. The number of thioether (sulfide) groups is 1. The first-order valence-electron chi connectivity index (χ1n) is 8.03. The van der Waals surface area contributed by atoms with E-state index < -0.39 is 0 Å². The van der Waals surface area contributed by atoms with Gasteiger partial charge < -0.3 is 15.1 Å². The lowest BCUT2D eigenvalue weighted by atomic mass is 10.2. The van der Waals surface area contributed by atoms with E-state index >= 15 is 0 Å². The van der Waals surface area contributed by atoms with Gasteiger partial charge in [-0.1, -0.05) is 34.7 Å². The highest BCUT2D eigenvalue weighted by molar-refractivity contribution is 8.01. The second-order valence-corrected chi connectivity index (χ2v) is 8.32. The van der Waals surface area contributed by atoms with Gasteiger partial charge >= 0.3 is 0 Å². The van der Waals surface area contributed by atoms with Gasteiger partial charge in [0.15, 0.2) is 4.34 Å². The second-order valence-electron chi connectivity index (χ2n) is 5.69. The first kappa shape index (κ1) is 18.9. The molecule has 1 aliphatic rings. The van der Waals surface area contributed by atoms with Crippen LogP contribution in [0.5, 0.6) is 0 Å². The number of carbonyl (C=O) groups is 2. The van der Waals surface area contributed by atoms with Crippen LogP contribution >= 0.6 is 34.7 Å². The molecule has 0 radical (unpaired) electrons. The summed E-state index contributed by atoms with van der Waals surface area (Å²) in [5, 5.41) is 11.6. The third kappa shape index (κ3) is 5.09. The maximum atomic E-state index is 12.4. The Bertz CT molecular complexity index is 775. The summed E-state index contributed by atoms with van der Waals surface area (Å²) >= 11 is 8.53. The Labute approximate surface area is 164 Å². The lowest BCUT2D eigenvalue weighted by molar-refractivity contribution is -0.128. The second kappa shape index (κ2) is 8.70.